The lowest BCUT2D eigenvalue weighted by atomic mass is 10.1. The quantitative estimate of drug-likeness (QED) is 0.829. The second-order valence-corrected chi connectivity index (χ2v) is 6.38. The summed E-state index contributed by atoms with van der Waals surface area (Å²) >= 11 is 12.0. The van der Waals surface area contributed by atoms with E-state index in [1.54, 1.807) is 26.2 Å². The molecule has 1 N–H and O–H groups in total. The van der Waals surface area contributed by atoms with Gasteiger partial charge in [-0.15, -0.1) is 0 Å². The van der Waals surface area contributed by atoms with Gasteiger partial charge in [-0.3, -0.25) is 9.59 Å². The van der Waals surface area contributed by atoms with Crippen LogP contribution in [-0.4, -0.2) is 45.0 Å². The molecular weight excluding hydrogens is 379 g/mol. The van der Waals surface area contributed by atoms with Crippen LogP contribution in [0.3, 0.4) is 0 Å². The van der Waals surface area contributed by atoms with Crippen molar-refractivity contribution in [2.75, 3.05) is 33.6 Å². The van der Waals surface area contributed by atoms with Gasteiger partial charge in [-0.2, -0.15) is 0 Å². The van der Waals surface area contributed by atoms with Crippen LogP contribution in [-0.2, 0) is 0 Å². The number of ether oxygens (including phenoxy) is 2. The Bertz CT molecular complexity index is 853. The number of methoxy groups -OCH3 is 2. The number of amides is 2. The highest BCUT2D eigenvalue weighted by atomic mass is 35.5. The summed E-state index contributed by atoms with van der Waals surface area (Å²) in [5, 5.41) is 3.24. The Morgan fingerprint density at radius 1 is 1.00 bits per heavy atom. The first kappa shape index (κ1) is 19.9. The van der Waals surface area contributed by atoms with Crippen LogP contribution in [0.25, 0.3) is 0 Å². The first-order valence-electron chi connectivity index (χ1n) is 7.52. The largest absolute Gasteiger partial charge is 0.496 e. The normalized spacial score (nSPS) is 10.2. The summed E-state index contributed by atoms with van der Waals surface area (Å²) in [7, 11) is 6.14. The summed E-state index contributed by atoms with van der Waals surface area (Å²) in [4.78, 5) is 26.4. The summed E-state index contributed by atoms with van der Waals surface area (Å²) in [5.74, 6) is -0.0993. The van der Waals surface area contributed by atoms with E-state index in [1.807, 2.05) is 0 Å². The minimum Gasteiger partial charge on any atom is -0.496 e. The molecule has 0 bridgehead atoms. The van der Waals surface area contributed by atoms with Gasteiger partial charge in [0.1, 0.15) is 11.5 Å². The van der Waals surface area contributed by atoms with Crippen LogP contribution in [0.15, 0.2) is 30.3 Å². The molecule has 0 heterocycles. The van der Waals surface area contributed by atoms with Gasteiger partial charge in [-0.05, 0) is 30.3 Å². The molecule has 26 heavy (non-hydrogen) atoms. The fourth-order valence-electron chi connectivity index (χ4n) is 2.33. The lowest BCUT2D eigenvalue weighted by molar-refractivity contribution is 0.0824. The Balaban J connectivity index is 2.39. The summed E-state index contributed by atoms with van der Waals surface area (Å²) in [6.07, 6.45) is 0. The van der Waals surface area contributed by atoms with Crippen molar-refractivity contribution >= 4 is 40.7 Å². The van der Waals surface area contributed by atoms with Crippen molar-refractivity contribution in [2.24, 2.45) is 0 Å². The second kappa shape index (κ2) is 8.29. The molecule has 0 aliphatic rings. The van der Waals surface area contributed by atoms with E-state index in [0.29, 0.717) is 22.0 Å². The number of anilines is 1. The predicted molar refractivity (Wildman–Crippen MR) is 102 cm³/mol. The standard InChI is InChI=1S/C18H18Cl2N2O4/c1-22(2)18(24)12-9-11(5-6-15(12)25-3)21-17(23)13-7-10(19)8-14(20)16(13)26-4/h5-9H,1-4H3,(H,21,23). The van der Waals surface area contributed by atoms with Crippen molar-refractivity contribution < 1.29 is 19.1 Å². The fraction of sp³-hybridized carbons (Fsp3) is 0.222. The summed E-state index contributed by atoms with van der Waals surface area (Å²) in [6.45, 7) is 0. The molecule has 6 nitrogen and oxygen atoms in total. The number of nitrogens with one attached hydrogen (secondary N) is 1. The van der Waals surface area contributed by atoms with E-state index in [0.717, 1.165) is 0 Å². The first-order chi connectivity index (χ1) is 12.3. The minimum atomic E-state index is -0.473. The number of halogens is 2. The van der Waals surface area contributed by atoms with Gasteiger partial charge >= 0.3 is 0 Å². The lowest BCUT2D eigenvalue weighted by Gasteiger charge is -2.15. The van der Waals surface area contributed by atoms with Crippen molar-refractivity contribution in [2.45, 2.75) is 0 Å². The average molecular weight is 397 g/mol. The number of rotatable bonds is 5. The molecule has 0 saturated carbocycles. The fourth-order valence-corrected chi connectivity index (χ4v) is 2.90. The molecule has 0 radical (unpaired) electrons. The molecule has 2 amide bonds. The molecule has 0 aromatic heterocycles. The van der Waals surface area contributed by atoms with Gasteiger partial charge in [-0.1, -0.05) is 23.2 Å². The number of hydrogen-bond acceptors (Lipinski definition) is 4. The Morgan fingerprint density at radius 2 is 1.69 bits per heavy atom. The number of benzene rings is 2. The van der Waals surface area contributed by atoms with Gasteiger partial charge < -0.3 is 19.7 Å². The first-order valence-corrected chi connectivity index (χ1v) is 8.28. The van der Waals surface area contributed by atoms with E-state index in [9.17, 15) is 9.59 Å². The summed E-state index contributed by atoms with van der Waals surface area (Å²) in [6, 6.07) is 7.71. The van der Waals surface area contributed by atoms with Gasteiger partial charge in [0, 0.05) is 24.8 Å². The van der Waals surface area contributed by atoms with E-state index in [2.05, 4.69) is 5.32 Å². The Morgan fingerprint density at radius 3 is 2.27 bits per heavy atom. The molecule has 0 spiro atoms. The second-order valence-electron chi connectivity index (χ2n) is 5.54. The highest BCUT2D eigenvalue weighted by Gasteiger charge is 2.19. The number of carbonyl (C=O) groups is 2. The molecule has 0 atom stereocenters. The van der Waals surface area contributed by atoms with Crippen LogP contribution in [0, 0.1) is 0 Å². The molecule has 0 unspecified atom stereocenters. The van der Waals surface area contributed by atoms with Crippen LogP contribution in [0.2, 0.25) is 10.0 Å². The van der Waals surface area contributed by atoms with Gasteiger partial charge in [0.15, 0.2) is 0 Å². The van der Waals surface area contributed by atoms with Crippen LogP contribution in [0.5, 0.6) is 11.5 Å². The van der Waals surface area contributed by atoms with Crippen molar-refractivity contribution in [3.63, 3.8) is 0 Å². The smallest absolute Gasteiger partial charge is 0.259 e. The predicted octanol–water partition coefficient (Wildman–Crippen LogP) is 3.96. The zero-order valence-electron chi connectivity index (χ0n) is 14.7. The molecule has 0 aliphatic heterocycles. The van der Waals surface area contributed by atoms with Gasteiger partial charge in [-0.25, -0.2) is 0 Å². The van der Waals surface area contributed by atoms with Gasteiger partial charge in [0.05, 0.1) is 30.4 Å². The topological polar surface area (TPSA) is 67.9 Å². The summed E-state index contributed by atoms with van der Waals surface area (Å²) in [5.41, 5.74) is 0.923. The van der Waals surface area contributed by atoms with Crippen LogP contribution >= 0.6 is 23.2 Å². The third-order valence-electron chi connectivity index (χ3n) is 3.55. The molecule has 0 saturated heterocycles. The number of hydrogen-bond donors (Lipinski definition) is 1. The zero-order valence-corrected chi connectivity index (χ0v) is 16.2. The molecule has 2 rings (SSSR count). The maximum absolute atomic E-state index is 12.6. The highest BCUT2D eigenvalue weighted by Crippen LogP contribution is 2.33. The molecule has 0 aliphatic carbocycles. The van der Waals surface area contributed by atoms with Crippen molar-refractivity contribution in [3.05, 3.63) is 51.5 Å². The molecular formula is C18H18Cl2N2O4. The van der Waals surface area contributed by atoms with Crippen molar-refractivity contribution in [1.29, 1.82) is 0 Å². The van der Waals surface area contributed by atoms with Gasteiger partial charge in [0.2, 0.25) is 0 Å². The molecule has 2 aromatic rings. The van der Waals surface area contributed by atoms with E-state index in [4.69, 9.17) is 32.7 Å². The lowest BCUT2D eigenvalue weighted by Crippen LogP contribution is -2.22. The Kier molecular flexibility index (Phi) is 6.34. The van der Waals surface area contributed by atoms with Crippen LogP contribution < -0.4 is 14.8 Å². The SMILES string of the molecule is COc1ccc(NC(=O)c2cc(Cl)cc(Cl)c2OC)cc1C(=O)N(C)C. The maximum atomic E-state index is 12.6. The van der Waals surface area contributed by atoms with E-state index >= 15 is 0 Å². The molecule has 8 heteroatoms. The summed E-state index contributed by atoms with van der Waals surface area (Å²) < 4.78 is 10.4. The van der Waals surface area contributed by atoms with Crippen LogP contribution in [0.4, 0.5) is 5.69 Å². The molecule has 0 fully saturated rings. The molecule has 2 aromatic carbocycles. The minimum absolute atomic E-state index is 0.182. The Hall–Kier alpha value is -2.44. The van der Waals surface area contributed by atoms with Gasteiger partial charge in [0.25, 0.3) is 11.8 Å². The third-order valence-corrected chi connectivity index (χ3v) is 4.05. The van der Waals surface area contributed by atoms with E-state index in [1.165, 1.54) is 37.3 Å². The van der Waals surface area contributed by atoms with Crippen LogP contribution in [0.1, 0.15) is 20.7 Å². The zero-order chi connectivity index (χ0) is 19.4. The third kappa shape index (κ3) is 4.20. The highest BCUT2D eigenvalue weighted by molar-refractivity contribution is 6.36. The van der Waals surface area contributed by atoms with Crippen molar-refractivity contribution in [3.8, 4) is 11.5 Å². The van der Waals surface area contributed by atoms with E-state index in [-0.39, 0.29) is 22.2 Å². The maximum Gasteiger partial charge on any atom is 0.259 e. The average Bonchev–Trinajstić information content (AvgIpc) is 2.60. The number of carbonyl (C=O) groups excluding carboxylic acids is 2. The van der Waals surface area contributed by atoms with E-state index < -0.39 is 5.91 Å². The Labute approximate surface area is 161 Å². The number of nitrogens with zero attached hydrogens (tertiary/aromatic N) is 1. The monoisotopic (exact) mass is 396 g/mol. The molecule has 138 valence electrons. The van der Waals surface area contributed by atoms with Crippen molar-refractivity contribution in [1.82, 2.24) is 4.90 Å².